The van der Waals surface area contributed by atoms with Crippen LogP contribution in [-0.4, -0.2) is 31.4 Å². The average molecular weight is 330 g/mol. The number of rotatable bonds is 5. The Morgan fingerprint density at radius 1 is 1.46 bits per heavy atom. The SMILES string of the molecule is CCCN1c2cc(OC)c(/C=N\NC(N)=O)cc2C(C)=CC1(C)C. The number of methoxy groups -OCH3 is 1. The fourth-order valence-corrected chi connectivity index (χ4v) is 3.20. The highest BCUT2D eigenvalue weighted by Gasteiger charge is 2.31. The highest BCUT2D eigenvalue weighted by Crippen LogP contribution is 2.41. The molecule has 0 aromatic heterocycles. The van der Waals surface area contributed by atoms with Crippen LogP contribution in [0.3, 0.4) is 0 Å². The summed E-state index contributed by atoms with van der Waals surface area (Å²) in [6.07, 6.45) is 4.88. The standard InChI is InChI=1S/C18H26N4O2/c1-6-7-22-15-9-16(24-5)13(11-20-21-17(19)23)8-14(15)12(2)10-18(22,3)4/h8-11H,6-7H2,1-5H3,(H3,19,21,23)/b20-11-. The molecule has 0 saturated heterocycles. The van der Waals surface area contributed by atoms with Crippen LogP contribution in [0.15, 0.2) is 23.3 Å². The zero-order valence-corrected chi connectivity index (χ0v) is 15.0. The molecule has 0 radical (unpaired) electrons. The van der Waals surface area contributed by atoms with Crippen molar-refractivity contribution in [1.29, 1.82) is 0 Å². The smallest absolute Gasteiger partial charge is 0.332 e. The number of hydrazone groups is 1. The van der Waals surface area contributed by atoms with Crippen molar-refractivity contribution in [3.8, 4) is 5.75 Å². The van der Waals surface area contributed by atoms with E-state index >= 15 is 0 Å². The molecule has 2 amide bonds. The highest BCUT2D eigenvalue weighted by atomic mass is 16.5. The van der Waals surface area contributed by atoms with Crippen molar-refractivity contribution in [1.82, 2.24) is 5.43 Å². The van der Waals surface area contributed by atoms with E-state index in [1.165, 1.54) is 5.57 Å². The number of allylic oxidation sites excluding steroid dienone is 1. The largest absolute Gasteiger partial charge is 0.496 e. The first-order valence-electron chi connectivity index (χ1n) is 8.08. The summed E-state index contributed by atoms with van der Waals surface area (Å²) in [5.74, 6) is 0.704. The van der Waals surface area contributed by atoms with Crippen molar-refractivity contribution in [3.05, 3.63) is 29.3 Å². The maximum absolute atomic E-state index is 10.8. The normalized spacial score (nSPS) is 15.9. The predicted molar refractivity (Wildman–Crippen MR) is 98.7 cm³/mol. The number of hydrogen-bond donors (Lipinski definition) is 2. The fraction of sp³-hybridized carbons (Fsp3) is 0.444. The van der Waals surface area contributed by atoms with Gasteiger partial charge >= 0.3 is 6.03 Å². The maximum Gasteiger partial charge on any atom is 0.332 e. The van der Waals surface area contributed by atoms with Crippen LogP contribution in [0.5, 0.6) is 5.75 Å². The molecule has 0 bridgehead atoms. The van der Waals surface area contributed by atoms with E-state index < -0.39 is 6.03 Å². The van der Waals surface area contributed by atoms with Gasteiger partial charge in [-0.15, -0.1) is 0 Å². The Bertz CT molecular complexity index is 693. The Hall–Kier alpha value is -2.50. The minimum atomic E-state index is -0.699. The molecule has 130 valence electrons. The number of primary amides is 1. The van der Waals surface area contributed by atoms with E-state index in [0.29, 0.717) is 5.75 Å². The van der Waals surface area contributed by atoms with Gasteiger partial charge < -0.3 is 15.4 Å². The van der Waals surface area contributed by atoms with E-state index in [9.17, 15) is 4.79 Å². The average Bonchev–Trinajstić information content (AvgIpc) is 2.50. The van der Waals surface area contributed by atoms with E-state index in [0.717, 1.165) is 29.8 Å². The number of hydrogen-bond acceptors (Lipinski definition) is 4. The van der Waals surface area contributed by atoms with Crippen molar-refractivity contribution in [2.75, 3.05) is 18.6 Å². The molecule has 1 aromatic rings. The summed E-state index contributed by atoms with van der Waals surface area (Å²) in [6, 6.07) is 3.37. The molecule has 0 atom stereocenters. The topological polar surface area (TPSA) is 79.9 Å². The second-order valence-electron chi connectivity index (χ2n) is 6.48. The van der Waals surface area contributed by atoms with Gasteiger partial charge in [-0.25, -0.2) is 10.2 Å². The molecule has 1 aliphatic rings. The van der Waals surface area contributed by atoms with Crippen molar-refractivity contribution in [2.24, 2.45) is 10.8 Å². The maximum atomic E-state index is 10.8. The molecule has 2 rings (SSSR count). The third-order valence-electron chi connectivity index (χ3n) is 4.15. The number of amides is 2. The Morgan fingerprint density at radius 3 is 2.75 bits per heavy atom. The van der Waals surface area contributed by atoms with Crippen molar-refractivity contribution < 1.29 is 9.53 Å². The summed E-state index contributed by atoms with van der Waals surface area (Å²) in [7, 11) is 1.63. The Morgan fingerprint density at radius 2 is 2.17 bits per heavy atom. The van der Waals surface area contributed by atoms with E-state index in [2.05, 4.69) is 49.2 Å². The van der Waals surface area contributed by atoms with Gasteiger partial charge in [-0.05, 0) is 38.8 Å². The molecule has 1 aromatic carbocycles. The van der Waals surface area contributed by atoms with Gasteiger partial charge in [0.2, 0.25) is 0 Å². The molecule has 24 heavy (non-hydrogen) atoms. The first kappa shape index (κ1) is 17.8. The van der Waals surface area contributed by atoms with Gasteiger partial charge in [0.05, 0.1) is 18.9 Å². The first-order valence-corrected chi connectivity index (χ1v) is 8.08. The number of benzene rings is 1. The molecule has 0 aliphatic carbocycles. The molecule has 6 heteroatoms. The summed E-state index contributed by atoms with van der Waals surface area (Å²) in [5.41, 5.74) is 11.5. The van der Waals surface area contributed by atoms with Crippen molar-refractivity contribution in [2.45, 2.75) is 39.7 Å². The molecule has 0 saturated carbocycles. The minimum Gasteiger partial charge on any atom is -0.496 e. The molecule has 0 fully saturated rings. The van der Waals surface area contributed by atoms with E-state index in [4.69, 9.17) is 10.5 Å². The minimum absolute atomic E-state index is 0.0543. The molecule has 3 N–H and O–H groups in total. The van der Waals surface area contributed by atoms with Gasteiger partial charge in [-0.2, -0.15) is 5.10 Å². The summed E-state index contributed by atoms with van der Waals surface area (Å²) in [6.45, 7) is 9.68. The van der Waals surface area contributed by atoms with Gasteiger partial charge in [-0.3, -0.25) is 0 Å². The summed E-state index contributed by atoms with van der Waals surface area (Å²) in [5, 5.41) is 3.85. The van der Waals surface area contributed by atoms with Crippen LogP contribution in [0, 0.1) is 0 Å². The van der Waals surface area contributed by atoms with E-state index in [-0.39, 0.29) is 5.54 Å². The van der Waals surface area contributed by atoms with E-state index in [1.54, 1.807) is 13.3 Å². The van der Waals surface area contributed by atoms with Gasteiger partial charge in [0, 0.05) is 29.4 Å². The molecule has 0 unspecified atom stereocenters. The number of nitrogens with zero attached hydrogens (tertiary/aromatic N) is 2. The lowest BCUT2D eigenvalue weighted by atomic mass is 9.87. The van der Waals surface area contributed by atoms with Crippen LogP contribution in [-0.2, 0) is 0 Å². The van der Waals surface area contributed by atoms with E-state index in [1.807, 2.05) is 12.1 Å². The number of fused-ring (bicyclic) bond motifs is 1. The highest BCUT2D eigenvalue weighted by molar-refractivity contribution is 5.91. The Kier molecular flexibility index (Phi) is 5.17. The van der Waals surface area contributed by atoms with Crippen LogP contribution in [0.2, 0.25) is 0 Å². The third-order valence-corrected chi connectivity index (χ3v) is 4.15. The Labute approximate surface area is 143 Å². The number of nitrogens with one attached hydrogen (secondary N) is 1. The first-order chi connectivity index (χ1) is 11.3. The van der Waals surface area contributed by atoms with Gasteiger partial charge in [-0.1, -0.05) is 13.0 Å². The van der Waals surface area contributed by atoms with Gasteiger partial charge in [0.1, 0.15) is 5.75 Å². The number of ether oxygens (including phenoxy) is 1. The second-order valence-corrected chi connectivity index (χ2v) is 6.48. The lowest BCUT2D eigenvalue weighted by Gasteiger charge is -2.43. The number of carbonyl (C=O) groups excluding carboxylic acids is 1. The fourth-order valence-electron chi connectivity index (χ4n) is 3.20. The third kappa shape index (κ3) is 3.53. The molecule has 6 nitrogen and oxygen atoms in total. The van der Waals surface area contributed by atoms with Crippen LogP contribution < -0.4 is 20.8 Å². The quantitative estimate of drug-likeness (QED) is 0.643. The molecular formula is C18H26N4O2. The number of carbonyl (C=O) groups is 1. The zero-order chi connectivity index (χ0) is 17.9. The molecular weight excluding hydrogens is 304 g/mol. The second kappa shape index (κ2) is 6.95. The van der Waals surface area contributed by atoms with Crippen LogP contribution in [0.25, 0.3) is 5.57 Å². The van der Waals surface area contributed by atoms with Crippen molar-refractivity contribution >= 4 is 23.5 Å². The van der Waals surface area contributed by atoms with Gasteiger partial charge in [0.25, 0.3) is 0 Å². The number of nitrogens with two attached hydrogens (primary N) is 1. The molecule has 1 aliphatic heterocycles. The molecule has 1 heterocycles. The van der Waals surface area contributed by atoms with Crippen LogP contribution in [0.1, 0.15) is 45.2 Å². The zero-order valence-electron chi connectivity index (χ0n) is 15.0. The number of urea groups is 1. The monoisotopic (exact) mass is 330 g/mol. The Balaban J connectivity index is 2.53. The van der Waals surface area contributed by atoms with Crippen molar-refractivity contribution in [3.63, 3.8) is 0 Å². The predicted octanol–water partition coefficient (Wildman–Crippen LogP) is 3.11. The lowest BCUT2D eigenvalue weighted by molar-refractivity contribution is 0.249. The van der Waals surface area contributed by atoms with Gasteiger partial charge in [0.15, 0.2) is 0 Å². The molecule has 0 spiro atoms. The summed E-state index contributed by atoms with van der Waals surface area (Å²) >= 11 is 0. The van der Waals surface area contributed by atoms with Crippen LogP contribution >= 0.6 is 0 Å². The summed E-state index contributed by atoms with van der Waals surface area (Å²) in [4.78, 5) is 13.2. The summed E-state index contributed by atoms with van der Waals surface area (Å²) < 4.78 is 5.52. The number of anilines is 1. The lowest BCUT2D eigenvalue weighted by Crippen LogP contribution is -2.45. The van der Waals surface area contributed by atoms with Crippen LogP contribution in [0.4, 0.5) is 10.5 Å².